The number of hydrogen-bond donors (Lipinski definition) is 0. The number of carbonyl (C=O) groups is 3. The Morgan fingerprint density at radius 2 is 1.76 bits per heavy atom. The van der Waals surface area contributed by atoms with E-state index >= 15 is 0 Å². The van der Waals surface area contributed by atoms with Gasteiger partial charge in [0.25, 0.3) is 11.8 Å². The van der Waals surface area contributed by atoms with Crippen LogP contribution in [0.2, 0.25) is 0 Å². The van der Waals surface area contributed by atoms with Gasteiger partial charge in [0.15, 0.2) is 0 Å². The van der Waals surface area contributed by atoms with Crippen molar-refractivity contribution < 1.29 is 61.7 Å². The van der Waals surface area contributed by atoms with Crippen LogP contribution < -0.4 is 29.6 Å². The molecule has 0 radical (unpaired) electrons. The van der Waals surface area contributed by atoms with Crippen molar-refractivity contribution in [2.24, 2.45) is 5.92 Å². The Bertz CT molecular complexity index is 541. The first kappa shape index (κ1) is 18.6. The van der Waals surface area contributed by atoms with Crippen molar-refractivity contribution >= 4 is 27.9 Å². The summed E-state index contributed by atoms with van der Waals surface area (Å²) in [7, 11) is -4.93. The molecule has 1 aliphatic heterocycles. The molecule has 8 nitrogen and oxygen atoms in total. The molecule has 1 saturated heterocycles. The van der Waals surface area contributed by atoms with E-state index in [0.717, 1.165) is 19.3 Å². The molecule has 2 amide bonds. The molecule has 0 aromatic rings. The van der Waals surface area contributed by atoms with Crippen LogP contribution in [0.1, 0.15) is 38.5 Å². The number of amides is 2. The molecule has 0 bridgehead atoms. The van der Waals surface area contributed by atoms with E-state index in [2.05, 4.69) is 0 Å². The van der Waals surface area contributed by atoms with Gasteiger partial charge in [0.1, 0.15) is 15.4 Å². The van der Waals surface area contributed by atoms with Crippen LogP contribution in [-0.4, -0.2) is 41.1 Å². The van der Waals surface area contributed by atoms with Crippen molar-refractivity contribution in [1.29, 1.82) is 0 Å². The zero-order chi connectivity index (χ0) is 14.9. The Balaban J connectivity index is 0.00000220. The van der Waals surface area contributed by atoms with E-state index in [1.165, 1.54) is 0 Å². The monoisotopic (exact) mass is 327 g/mol. The molecule has 21 heavy (non-hydrogen) atoms. The molecule has 2 aliphatic rings. The van der Waals surface area contributed by atoms with Crippen LogP contribution in [-0.2, 0) is 29.3 Å². The van der Waals surface area contributed by atoms with E-state index < -0.39 is 45.5 Å². The van der Waals surface area contributed by atoms with E-state index in [1.54, 1.807) is 0 Å². The maximum Gasteiger partial charge on any atom is 1.00 e. The molecule has 0 aromatic heterocycles. The number of rotatable bonds is 3. The molecule has 1 saturated carbocycles. The van der Waals surface area contributed by atoms with Gasteiger partial charge in [-0.1, -0.05) is 19.3 Å². The van der Waals surface area contributed by atoms with Gasteiger partial charge in [-0.05, 0) is 12.8 Å². The number of nitrogens with zero attached hydrogens (tertiary/aromatic N) is 1. The Morgan fingerprint density at radius 1 is 1.19 bits per heavy atom. The second-order valence-electron chi connectivity index (χ2n) is 4.96. The minimum Gasteiger partial charge on any atom is -0.747 e. The van der Waals surface area contributed by atoms with E-state index in [-0.39, 0.29) is 34.6 Å². The maximum atomic E-state index is 11.8. The van der Waals surface area contributed by atoms with Crippen LogP contribution in [0.3, 0.4) is 0 Å². The second kappa shape index (κ2) is 7.19. The Morgan fingerprint density at radius 3 is 2.24 bits per heavy atom. The van der Waals surface area contributed by atoms with Crippen molar-refractivity contribution in [2.75, 3.05) is 0 Å². The fraction of sp³-hybridized carbons (Fsp3) is 0.727. The number of hydroxylamine groups is 2. The van der Waals surface area contributed by atoms with Gasteiger partial charge in [0.2, 0.25) is 0 Å². The predicted octanol–water partition coefficient (Wildman–Crippen LogP) is -3.30. The number of imide groups is 1. The summed E-state index contributed by atoms with van der Waals surface area (Å²) in [5.74, 6) is -3.39. The van der Waals surface area contributed by atoms with Crippen LogP contribution in [0, 0.1) is 5.92 Å². The van der Waals surface area contributed by atoms with Gasteiger partial charge >= 0.3 is 35.5 Å². The minimum atomic E-state index is -4.93. The fourth-order valence-corrected chi connectivity index (χ4v) is 3.10. The topological polar surface area (TPSA) is 121 Å². The molecule has 0 N–H and O–H groups in total. The van der Waals surface area contributed by atoms with Crippen LogP contribution in [0.4, 0.5) is 0 Å². The van der Waals surface area contributed by atoms with Gasteiger partial charge in [-0.3, -0.25) is 9.59 Å². The summed E-state index contributed by atoms with van der Waals surface area (Å²) in [6, 6.07) is 0. The van der Waals surface area contributed by atoms with Gasteiger partial charge in [0, 0.05) is 0 Å². The zero-order valence-electron chi connectivity index (χ0n) is 11.6. The van der Waals surface area contributed by atoms with Gasteiger partial charge in [-0.15, -0.1) is 5.06 Å². The fourth-order valence-electron chi connectivity index (χ4n) is 2.41. The summed E-state index contributed by atoms with van der Waals surface area (Å²) in [6.07, 6.45) is 3.18. The molecule has 10 heteroatoms. The van der Waals surface area contributed by atoms with Crippen molar-refractivity contribution in [3.8, 4) is 0 Å². The number of carbonyl (C=O) groups excluding carboxylic acids is 3. The molecule has 0 spiro atoms. The number of hydrogen-bond acceptors (Lipinski definition) is 7. The van der Waals surface area contributed by atoms with Crippen LogP contribution >= 0.6 is 0 Å². The van der Waals surface area contributed by atoms with E-state index in [0.29, 0.717) is 12.8 Å². The standard InChI is InChI=1S/C11H15NO7S.Na/c13-9-6-8(20(16,17)18)10(14)12(9)19-11(15)7-4-2-1-3-5-7;/h7-8H,1-6H2,(H,16,17,18);/q;+1/p-1. The first-order valence-corrected chi connectivity index (χ1v) is 7.81. The summed E-state index contributed by atoms with van der Waals surface area (Å²) < 4.78 is 32.5. The quantitative estimate of drug-likeness (QED) is 0.302. The third-order valence-electron chi connectivity index (χ3n) is 3.53. The maximum absolute atomic E-state index is 11.8. The van der Waals surface area contributed by atoms with Crippen molar-refractivity contribution in [3.63, 3.8) is 0 Å². The van der Waals surface area contributed by atoms with E-state index in [9.17, 15) is 27.4 Å². The average Bonchev–Trinajstić information content (AvgIpc) is 2.67. The summed E-state index contributed by atoms with van der Waals surface area (Å²) in [5.41, 5.74) is 0. The molecule has 1 heterocycles. The summed E-state index contributed by atoms with van der Waals surface area (Å²) >= 11 is 0. The molecular formula is C11H14NNaO7S. The van der Waals surface area contributed by atoms with Crippen LogP contribution in [0.25, 0.3) is 0 Å². The summed E-state index contributed by atoms with van der Waals surface area (Å²) in [4.78, 5) is 39.6. The van der Waals surface area contributed by atoms with E-state index in [4.69, 9.17) is 4.84 Å². The third kappa shape index (κ3) is 4.26. The van der Waals surface area contributed by atoms with Gasteiger partial charge in [-0.25, -0.2) is 13.2 Å². The summed E-state index contributed by atoms with van der Waals surface area (Å²) in [5, 5.41) is -1.87. The Kier molecular flexibility index (Phi) is 6.36. The predicted molar refractivity (Wildman–Crippen MR) is 62.6 cm³/mol. The SMILES string of the molecule is O=C(ON1C(=O)CC(S(=O)(=O)[O-])C1=O)C1CCCCC1.[Na+]. The first-order chi connectivity index (χ1) is 9.30. The molecule has 2 rings (SSSR count). The molecule has 1 atom stereocenters. The average molecular weight is 327 g/mol. The van der Waals surface area contributed by atoms with Crippen molar-refractivity contribution in [2.45, 2.75) is 43.8 Å². The smallest absolute Gasteiger partial charge is 0.747 e. The van der Waals surface area contributed by atoms with Crippen molar-refractivity contribution in [3.05, 3.63) is 0 Å². The van der Waals surface area contributed by atoms with Gasteiger partial charge < -0.3 is 9.39 Å². The van der Waals surface area contributed by atoms with Gasteiger partial charge in [0.05, 0.1) is 12.3 Å². The first-order valence-electron chi connectivity index (χ1n) is 6.34. The zero-order valence-corrected chi connectivity index (χ0v) is 14.4. The van der Waals surface area contributed by atoms with Crippen LogP contribution in [0.5, 0.6) is 0 Å². The summed E-state index contributed by atoms with van der Waals surface area (Å²) in [6.45, 7) is 0. The Labute approximate surface area is 144 Å². The Hall–Kier alpha value is -0.480. The molecular weight excluding hydrogens is 313 g/mol. The normalized spacial score (nSPS) is 23.9. The van der Waals surface area contributed by atoms with E-state index in [1.807, 2.05) is 0 Å². The van der Waals surface area contributed by atoms with Crippen molar-refractivity contribution in [1.82, 2.24) is 5.06 Å². The van der Waals surface area contributed by atoms with Gasteiger partial charge in [-0.2, -0.15) is 0 Å². The van der Waals surface area contributed by atoms with Crippen LogP contribution in [0.15, 0.2) is 0 Å². The second-order valence-corrected chi connectivity index (χ2v) is 6.51. The molecule has 1 aliphatic carbocycles. The molecule has 0 aromatic carbocycles. The molecule has 2 fully saturated rings. The molecule has 112 valence electrons. The molecule has 1 unspecified atom stereocenters. The third-order valence-corrected chi connectivity index (χ3v) is 4.60. The largest absolute Gasteiger partial charge is 1.00 e. The minimum absolute atomic E-state index is 0.